The predicted molar refractivity (Wildman–Crippen MR) is 66.7 cm³/mol. The molecule has 0 aliphatic heterocycles. The van der Waals surface area contributed by atoms with Crippen molar-refractivity contribution in [2.75, 3.05) is 6.54 Å². The first-order valence-corrected chi connectivity index (χ1v) is 7.16. The van der Waals surface area contributed by atoms with Crippen LogP contribution in [0.2, 0.25) is 0 Å². The summed E-state index contributed by atoms with van der Waals surface area (Å²) in [5.41, 5.74) is 0.837. The van der Waals surface area contributed by atoms with E-state index in [1.807, 2.05) is 0 Å². The van der Waals surface area contributed by atoms with Crippen LogP contribution in [0.25, 0.3) is 0 Å². The van der Waals surface area contributed by atoms with Crippen molar-refractivity contribution in [3.05, 3.63) is 35.6 Å². The fourth-order valence-corrected chi connectivity index (χ4v) is 2.63. The fourth-order valence-electron chi connectivity index (χ4n) is 1.47. The molecule has 4 nitrogen and oxygen atoms in total. The van der Waals surface area contributed by atoms with Gasteiger partial charge in [0, 0.05) is 6.54 Å². The molecule has 6 heteroatoms. The molecular weight excluding hydrogens is 255 g/mol. The van der Waals surface area contributed by atoms with E-state index in [2.05, 4.69) is 4.72 Å². The van der Waals surface area contributed by atoms with Gasteiger partial charge in [-0.25, -0.2) is 17.5 Å². The van der Waals surface area contributed by atoms with Crippen LogP contribution >= 0.6 is 0 Å². The van der Waals surface area contributed by atoms with Crippen molar-refractivity contribution in [1.29, 1.82) is 5.26 Å². The number of nitrogens with one attached hydrogen (secondary N) is 1. The van der Waals surface area contributed by atoms with Gasteiger partial charge in [-0.1, -0.05) is 19.1 Å². The lowest BCUT2D eigenvalue weighted by Gasteiger charge is -2.09. The molecule has 1 rings (SSSR count). The number of hydrogen-bond donors (Lipinski definition) is 1. The molecule has 0 amide bonds. The van der Waals surface area contributed by atoms with Crippen LogP contribution in [0.1, 0.15) is 18.9 Å². The minimum absolute atomic E-state index is 0.201. The zero-order valence-electron chi connectivity index (χ0n) is 10.1. The third-order valence-corrected chi connectivity index (χ3v) is 4.31. The molecule has 0 aliphatic carbocycles. The molecule has 0 saturated heterocycles. The van der Waals surface area contributed by atoms with Crippen LogP contribution in [0.5, 0.6) is 0 Å². The average Bonchev–Trinajstić information content (AvgIpc) is 2.32. The Kier molecular flexibility index (Phi) is 5.25. The van der Waals surface area contributed by atoms with Gasteiger partial charge in [0.25, 0.3) is 0 Å². The molecule has 1 unspecified atom stereocenters. The number of halogens is 1. The molecule has 1 aromatic rings. The first-order chi connectivity index (χ1) is 8.49. The lowest BCUT2D eigenvalue weighted by molar-refractivity contribution is 0.572. The summed E-state index contributed by atoms with van der Waals surface area (Å²) < 4.78 is 38.3. The van der Waals surface area contributed by atoms with Gasteiger partial charge >= 0.3 is 0 Å². The van der Waals surface area contributed by atoms with Gasteiger partial charge in [0.1, 0.15) is 5.82 Å². The quantitative estimate of drug-likeness (QED) is 0.853. The molecular formula is C12H15FN2O2S. The molecule has 0 radical (unpaired) electrons. The Balaban J connectivity index is 2.52. The monoisotopic (exact) mass is 270 g/mol. The van der Waals surface area contributed by atoms with Crippen LogP contribution in [-0.4, -0.2) is 20.2 Å². The van der Waals surface area contributed by atoms with Crippen molar-refractivity contribution in [2.45, 2.75) is 25.0 Å². The summed E-state index contributed by atoms with van der Waals surface area (Å²) in [6.07, 6.45) is 0.712. The van der Waals surface area contributed by atoms with E-state index in [1.54, 1.807) is 25.1 Å². The van der Waals surface area contributed by atoms with Crippen molar-refractivity contribution in [1.82, 2.24) is 4.72 Å². The molecule has 0 aliphatic rings. The van der Waals surface area contributed by atoms with Gasteiger partial charge in [-0.15, -0.1) is 0 Å². The maximum atomic E-state index is 12.6. The van der Waals surface area contributed by atoms with E-state index >= 15 is 0 Å². The van der Waals surface area contributed by atoms with E-state index in [0.717, 1.165) is 5.56 Å². The van der Waals surface area contributed by atoms with Crippen LogP contribution < -0.4 is 4.72 Å². The van der Waals surface area contributed by atoms with Crippen molar-refractivity contribution in [3.8, 4) is 6.07 Å². The normalized spacial score (nSPS) is 12.9. The Morgan fingerprint density at radius 2 is 2.00 bits per heavy atom. The average molecular weight is 270 g/mol. The number of benzene rings is 1. The van der Waals surface area contributed by atoms with E-state index in [4.69, 9.17) is 5.26 Å². The number of rotatable bonds is 6. The highest BCUT2D eigenvalue weighted by atomic mass is 32.2. The highest BCUT2D eigenvalue weighted by Gasteiger charge is 2.22. The second-order valence-corrected chi connectivity index (χ2v) is 5.79. The smallest absolute Gasteiger partial charge is 0.214 e. The second kappa shape index (κ2) is 6.47. The van der Waals surface area contributed by atoms with E-state index in [9.17, 15) is 12.8 Å². The summed E-state index contributed by atoms with van der Waals surface area (Å²) in [4.78, 5) is 0. The molecule has 1 atom stereocenters. The van der Waals surface area contributed by atoms with Crippen molar-refractivity contribution < 1.29 is 12.8 Å². The van der Waals surface area contributed by atoms with Crippen LogP contribution in [0.15, 0.2) is 24.3 Å². The summed E-state index contributed by atoms with van der Waals surface area (Å²) >= 11 is 0. The first kappa shape index (κ1) is 14.6. The minimum Gasteiger partial charge on any atom is -0.214 e. The minimum atomic E-state index is -3.59. The topological polar surface area (TPSA) is 70.0 Å². The SMILES string of the molecule is CCC(C#N)S(=O)(=O)NCCc1ccc(F)cc1. The third-order valence-electron chi connectivity index (χ3n) is 2.52. The molecule has 0 heterocycles. The Morgan fingerprint density at radius 1 is 1.39 bits per heavy atom. The number of sulfonamides is 1. The zero-order valence-corrected chi connectivity index (χ0v) is 10.9. The maximum Gasteiger partial charge on any atom is 0.227 e. The van der Waals surface area contributed by atoms with E-state index < -0.39 is 15.3 Å². The first-order valence-electron chi connectivity index (χ1n) is 5.62. The highest BCUT2D eigenvalue weighted by Crippen LogP contribution is 2.05. The molecule has 0 fully saturated rings. The van der Waals surface area contributed by atoms with Gasteiger partial charge < -0.3 is 0 Å². The van der Waals surface area contributed by atoms with Crippen LogP contribution in [-0.2, 0) is 16.4 Å². The van der Waals surface area contributed by atoms with Crippen LogP contribution in [0, 0.1) is 17.1 Å². The Labute approximate surface area is 106 Å². The van der Waals surface area contributed by atoms with Crippen molar-refractivity contribution in [3.63, 3.8) is 0 Å². The molecule has 0 saturated carbocycles. The van der Waals surface area contributed by atoms with E-state index in [1.165, 1.54) is 12.1 Å². The van der Waals surface area contributed by atoms with Gasteiger partial charge in [-0.2, -0.15) is 5.26 Å². The summed E-state index contributed by atoms with van der Waals surface area (Å²) in [5, 5.41) is 7.68. The molecule has 1 aromatic carbocycles. The Hall–Kier alpha value is -1.45. The van der Waals surface area contributed by atoms with E-state index in [0.29, 0.717) is 6.42 Å². The summed E-state index contributed by atoms with van der Waals surface area (Å²) in [6.45, 7) is 1.85. The molecule has 0 bridgehead atoms. The second-order valence-electron chi connectivity index (χ2n) is 3.84. The molecule has 98 valence electrons. The lowest BCUT2D eigenvalue weighted by atomic mass is 10.1. The molecule has 0 aromatic heterocycles. The third kappa shape index (κ3) is 4.09. The highest BCUT2D eigenvalue weighted by molar-refractivity contribution is 7.90. The Bertz CT molecular complexity index is 520. The van der Waals surface area contributed by atoms with Gasteiger partial charge in [0.05, 0.1) is 6.07 Å². The standard InChI is InChI=1S/C12H15FN2O2S/c1-2-12(9-14)18(16,17)15-8-7-10-3-5-11(13)6-4-10/h3-6,12,15H,2,7-8H2,1H3. The Morgan fingerprint density at radius 3 is 2.50 bits per heavy atom. The largest absolute Gasteiger partial charge is 0.227 e. The molecule has 0 spiro atoms. The maximum absolute atomic E-state index is 12.6. The van der Waals surface area contributed by atoms with Gasteiger partial charge in [0.2, 0.25) is 10.0 Å². The number of nitrogens with zero attached hydrogens (tertiary/aromatic N) is 1. The molecule has 1 N–H and O–H groups in total. The summed E-state index contributed by atoms with van der Waals surface area (Å²) in [6, 6.07) is 7.61. The predicted octanol–water partition coefficient (Wildman–Crippen LogP) is 1.59. The van der Waals surface area contributed by atoms with E-state index in [-0.39, 0.29) is 18.8 Å². The van der Waals surface area contributed by atoms with Gasteiger partial charge in [-0.05, 0) is 30.5 Å². The number of hydrogen-bond acceptors (Lipinski definition) is 3. The van der Waals surface area contributed by atoms with Gasteiger partial charge in [0.15, 0.2) is 5.25 Å². The number of nitriles is 1. The summed E-state index contributed by atoms with van der Waals surface area (Å²) in [7, 11) is -3.59. The van der Waals surface area contributed by atoms with Crippen LogP contribution in [0.3, 0.4) is 0 Å². The van der Waals surface area contributed by atoms with Crippen molar-refractivity contribution >= 4 is 10.0 Å². The summed E-state index contributed by atoms with van der Waals surface area (Å²) in [5.74, 6) is -0.324. The fraction of sp³-hybridized carbons (Fsp3) is 0.417. The molecule has 18 heavy (non-hydrogen) atoms. The van der Waals surface area contributed by atoms with Crippen molar-refractivity contribution in [2.24, 2.45) is 0 Å². The van der Waals surface area contributed by atoms with Gasteiger partial charge in [-0.3, -0.25) is 0 Å². The van der Waals surface area contributed by atoms with Crippen LogP contribution in [0.4, 0.5) is 4.39 Å². The lowest BCUT2D eigenvalue weighted by Crippen LogP contribution is -2.34. The zero-order chi connectivity index (χ0) is 13.6.